The molecule has 0 fully saturated rings. The number of aromatic hydroxyl groups is 1. The van der Waals surface area contributed by atoms with Gasteiger partial charge in [-0.05, 0) is 65.1 Å². The lowest BCUT2D eigenvalue weighted by molar-refractivity contribution is -0.137. The summed E-state index contributed by atoms with van der Waals surface area (Å²) in [4.78, 5) is 15.4. The van der Waals surface area contributed by atoms with Crippen molar-refractivity contribution in [3.8, 4) is 11.8 Å². The lowest BCUT2D eigenvalue weighted by Gasteiger charge is -2.31. The summed E-state index contributed by atoms with van der Waals surface area (Å²) >= 11 is 0. The summed E-state index contributed by atoms with van der Waals surface area (Å²) in [6.07, 6.45) is -3.81. The van der Waals surface area contributed by atoms with Gasteiger partial charge in [-0.25, -0.2) is 0 Å². The van der Waals surface area contributed by atoms with Crippen LogP contribution in [0.15, 0.2) is 78.4 Å². The van der Waals surface area contributed by atoms with Crippen molar-refractivity contribution >= 4 is 11.5 Å². The van der Waals surface area contributed by atoms with Crippen LogP contribution >= 0.6 is 0 Å². The number of phenols is 1. The number of halogens is 3. The van der Waals surface area contributed by atoms with Crippen molar-refractivity contribution in [1.29, 1.82) is 5.26 Å². The van der Waals surface area contributed by atoms with E-state index in [9.17, 15) is 28.3 Å². The van der Waals surface area contributed by atoms with Gasteiger partial charge < -0.3 is 10.4 Å². The smallest absolute Gasteiger partial charge is 0.416 e. The fourth-order valence-corrected chi connectivity index (χ4v) is 4.24. The molecule has 184 valence electrons. The van der Waals surface area contributed by atoms with Gasteiger partial charge in [0.1, 0.15) is 5.75 Å². The lowest BCUT2D eigenvalue weighted by Crippen LogP contribution is -2.37. The molecule has 2 N–H and O–H groups in total. The Hall–Kier alpha value is -4.09. The van der Waals surface area contributed by atoms with Crippen LogP contribution in [-0.2, 0) is 24.1 Å². The van der Waals surface area contributed by atoms with Crippen LogP contribution in [0, 0.1) is 11.3 Å². The third-order valence-corrected chi connectivity index (χ3v) is 6.11. The van der Waals surface area contributed by atoms with E-state index in [0.717, 1.165) is 28.8 Å². The van der Waals surface area contributed by atoms with Gasteiger partial charge >= 0.3 is 6.18 Å². The molecule has 0 spiro atoms. The molecule has 0 saturated heterocycles. The van der Waals surface area contributed by atoms with E-state index in [-0.39, 0.29) is 18.2 Å². The van der Waals surface area contributed by atoms with Crippen LogP contribution in [0.2, 0.25) is 0 Å². The second kappa shape index (κ2) is 10.7. The fourth-order valence-electron chi connectivity index (χ4n) is 4.24. The quantitative estimate of drug-likeness (QED) is 0.493. The maximum Gasteiger partial charge on any atom is 0.416 e. The zero-order chi connectivity index (χ0) is 25.7. The van der Waals surface area contributed by atoms with Crippen LogP contribution in [0.3, 0.4) is 0 Å². The number of nitrogens with one attached hydrogen (secondary N) is 1. The molecule has 4 rings (SSSR count). The molecule has 1 amide bonds. The number of amides is 1. The predicted octanol–water partition coefficient (Wildman–Crippen LogP) is 5.26. The highest BCUT2D eigenvalue weighted by atomic mass is 19.4. The number of phenolic OH excluding ortho intramolecular Hbond substituents is 1. The first kappa shape index (κ1) is 25.0. The van der Waals surface area contributed by atoms with E-state index in [2.05, 4.69) is 16.3 Å². The molecule has 1 aliphatic heterocycles. The average Bonchev–Trinajstić information content (AvgIpc) is 2.87. The third kappa shape index (κ3) is 6.12. The van der Waals surface area contributed by atoms with E-state index in [1.807, 2.05) is 18.2 Å². The molecule has 1 aliphatic rings. The number of benzene rings is 3. The number of carbonyl (C=O) groups excluding carboxylic acids is 1. The first-order valence-electron chi connectivity index (χ1n) is 11.4. The first-order chi connectivity index (χ1) is 17.2. The van der Waals surface area contributed by atoms with Crippen LogP contribution < -0.4 is 5.32 Å². The molecule has 0 unspecified atom stereocenters. The van der Waals surface area contributed by atoms with Crippen molar-refractivity contribution in [3.05, 3.63) is 106 Å². The highest BCUT2D eigenvalue weighted by Crippen LogP contribution is 2.31. The van der Waals surface area contributed by atoms with Gasteiger partial charge in [0.05, 0.1) is 17.2 Å². The summed E-state index contributed by atoms with van der Waals surface area (Å²) < 4.78 is 38.5. The topological polar surface area (TPSA) is 76.4 Å². The number of hydrogen-bond acceptors (Lipinski definition) is 4. The van der Waals surface area contributed by atoms with Gasteiger partial charge in [-0.2, -0.15) is 18.4 Å². The van der Waals surface area contributed by atoms with E-state index in [4.69, 9.17) is 0 Å². The van der Waals surface area contributed by atoms with Crippen molar-refractivity contribution < 1.29 is 23.1 Å². The maximum absolute atomic E-state index is 13.3. The minimum atomic E-state index is -4.41. The molecule has 3 aromatic rings. The molecule has 3 aromatic carbocycles. The van der Waals surface area contributed by atoms with E-state index in [1.54, 1.807) is 30.3 Å². The molecule has 0 bridgehead atoms. The molecular weight excluding hydrogens is 467 g/mol. The van der Waals surface area contributed by atoms with Crippen LogP contribution in [0.5, 0.6) is 5.75 Å². The summed E-state index contributed by atoms with van der Waals surface area (Å²) in [5.74, 6) is -0.170. The predicted molar refractivity (Wildman–Crippen MR) is 129 cm³/mol. The number of nitrogens with zero attached hydrogens (tertiary/aromatic N) is 2. The van der Waals surface area contributed by atoms with Gasteiger partial charge in [-0.15, -0.1) is 0 Å². The molecule has 1 heterocycles. The van der Waals surface area contributed by atoms with Gasteiger partial charge in [0, 0.05) is 31.8 Å². The number of nitriles is 1. The number of hydrogen-bond donors (Lipinski definition) is 2. The van der Waals surface area contributed by atoms with Gasteiger partial charge in [-0.1, -0.05) is 36.4 Å². The molecular formula is C28H24F3N3O2. The Morgan fingerprint density at radius 1 is 1.03 bits per heavy atom. The number of alkyl halides is 3. The summed E-state index contributed by atoms with van der Waals surface area (Å²) in [7, 11) is 0. The fraction of sp³-hybridized carbons (Fsp3) is 0.214. The molecule has 5 nitrogen and oxygen atoms in total. The first-order valence-corrected chi connectivity index (χ1v) is 11.4. The largest absolute Gasteiger partial charge is 0.508 e. The zero-order valence-corrected chi connectivity index (χ0v) is 19.3. The normalized spacial score (nSPS) is 14.4. The SMILES string of the molecule is N#Cc1cccc(CN2CCC(c3ccc(O)cc3)=C(C(=O)NCc3ccc(C(F)(F)F)cc3)C2)c1. The van der Waals surface area contributed by atoms with E-state index >= 15 is 0 Å². The molecule has 0 atom stereocenters. The van der Waals surface area contributed by atoms with Crippen LogP contribution in [0.1, 0.15) is 34.2 Å². The second-order valence-corrected chi connectivity index (χ2v) is 8.65. The van der Waals surface area contributed by atoms with Crippen LogP contribution in [0.25, 0.3) is 5.57 Å². The Morgan fingerprint density at radius 2 is 1.75 bits per heavy atom. The van der Waals surface area contributed by atoms with Gasteiger partial charge in [0.25, 0.3) is 0 Å². The molecule has 0 aliphatic carbocycles. The average molecular weight is 492 g/mol. The molecule has 0 radical (unpaired) electrons. The monoisotopic (exact) mass is 491 g/mol. The molecule has 0 aromatic heterocycles. The van der Waals surface area contributed by atoms with Crippen molar-refractivity contribution in [3.63, 3.8) is 0 Å². The van der Waals surface area contributed by atoms with E-state index in [0.29, 0.717) is 42.8 Å². The van der Waals surface area contributed by atoms with E-state index < -0.39 is 11.7 Å². The Balaban J connectivity index is 1.54. The Bertz CT molecular complexity index is 1310. The Labute approximate surface area is 207 Å². The molecule has 8 heteroatoms. The highest BCUT2D eigenvalue weighted by Gasteiger charge is 2.30. The zero-order valence-electron chi connectivity index (χ0n) is 19.3. The van der Waals surface area contributed by atoms with Crippen LogP contribution in [0.4, 0.5) is 13.2 Å². The second-order valence-electron chi connectivity index (χ2n) is 8.65. The summed E-state index contributed by atoms with van der Waals surface area (Å²) in [6, 6.07) is 20.8. The van der Waals surface area contributed by atoms with Crippen molar-refractivity contribution in [1.82, 2.24) is 10.2 Å². The van der Waals surface area contributed by atoms with E-state index in [1.165, 1.54) is 12.1 Å². The summed E-state index contributed by atoms with van der Waals surface area (Å²) in [5.41, 5.74) is 3.62. The summed E-state index contributed by atoms with van der Waals surface area (Å²) in [6.45, 7) is 1.72. The minimum Gasteiger partial charge on any atom is -0.508 e. The molecule has 36 heavy (non-hydrogen) atoms. The van der Waals surface area contributed by atoms with Gasteiger partial charge in [-0.3, -0.25) is 9.69 Å². The third-order valence-electron chi connectivity index (χ3n) is 6.11. The Morgan fingerprint density at radius 3 is 2.42 bits per heavy atom. The van der Waals surface area contributed by atoms with Gasteiger partial charge in [0.2, 0.25) is 5.91 Å². The van der Waals surface area contributed by atoms with Gasteiger partial charge in [0.15, 0.2) is 0 Å². The lowest BCUT2D eigenvalue weighted by atomic mass is 9.92. The van der Waals surface area contributed by atoms with Crippen molar-refractivity contribution in [2.45, 2.75) is 25.7 Å². The Kier molecular flexibility index (Phi) is 7.41. The standard InChI is InChI=1S/C28H24F3N3O2/c29-28(30,31)23-8-4-19(5-9-23)16-33-27(36)26-18-34(17-21-3-1-2-20(14-21)15-32)13-12-25(26)22-6-10-24(35)11-7-22/h1-11,14,35H,12-13,16-18H2,(H,33,36). The number of carbonyl (C=O) groups is 1. The maximum atomic E-state index is 13.3. The van der Waals surface area contributed by atoms with Crippen molar-refractivity contribution in [2.24, 2.45) is 0 Å². The van der Waals surface area contributed by atoms with Crippen LogP contribution in [-0.4, -0.2) is 29.0 Å². The highest BCUT2D eigenvalue weighted by molar-refractivity contribution is 6.02. The minimum absolute atomic E-state index is 0.0908. The summed E-state index contributed by atoms with van der Waals surface area (Å²) in [5, 5.41) is 21.7. The number of rotatable bonds is 6. The molecule has 0 saturated carbocycles. The van der Waals surface area contributed by atoms with Crippen molar-refractivity contribution in [2.75, 3.05) is 13.1 Å².